The van der Waals surface area contributed by atoms with Gasteiger partial charge < -0.3 is 14.2 Å². The van der Waals surface area contributed by atoms with Crippen LogP contribution in [-0.4, -0.2) is 26.1 Å². The Morgan fingerprint density at radius 1 is 0.920 bits per heavy atom. The number of benzene rings is 2. The topological polar surface area (TPSA) is 57.1 Å². The maximum atomic E-state index is 12.2. The zero-order valence-corrected chi connectivity index (χ0v) is 14.6. The molecule has 0 bridgehead atoms. The lowest BCUT2D eigenvalue weighted by atomic mass is 10.1. The second kappa shape index (κ2) is 6.81. The summed E-state index contributed by atoms with van der Waals surface area (Å²) in [6.45, 7) is 3.99. The average Bonchev–Trinajstić information content (AvgIpc) is 2.94. The number of nitrogens with zero attached hydrogens (tertiary/aromatic N) is 1. The van der Waals surface area contributed by atoms with Crippen molar-refractivity contribution in [3.05, 3.63) is 64.3 Å². The van der Waals surface area contributed by atoms with E-state index in [0.717, 1.165) is 22.3 Å². The van der Waals surface area contributed by atoms with Crippen molar-refractivity contribution < 1.29 is 19.0 Å². The zero-order chi connectivity index (χ0) is 18.0. The molecule has 25 heavy (non-hydrogen) atoms. The lowest BCUT2D eigenvalue weighted by Gasteiger charge is -2.05. The molecule has 0 saturated carbocycles. The summed E-state index contributed by atoms with van der Waals surface area (Å²) in [6, 6.07) is 11.3. The lowest BCUT2D eigenvalue weighted by Crippen LogP contribution is -2.06. The monoisotopic (exact) mass is 337 g/mol. The molecule has 128 valence electrons. The molecule has 0 fully saturated rings. The Labute approximate surface area is 146 Å². The van der Waals surface area contributed by atoms with Crippen molar-refractivity contribution in [3.63, 3.8) is 0 Å². The van der Waals surface area contributed by atoms with E-state index in [4.69, 9.17) is 14.2 Å². The average molecular weight is 337 g/mol. The van der Waals surface area contributed by atoms with Crippen molar-refractivity contribution in [3.8, 4) is 11.5 Å². The van der Waals surface area contributed by atoms with Gasteiger partial charge in [-0.15, -0.1) is 0 Å². The number of aryl methyl sites for hydroxylation is 2. The summed E-state index contributed by atoms with van der Waals surface area (Å²) in [6.07, 6.45) is 1.66. The first-order chi connectivity index (χ1) is 12.0. The van der Waals surface area contributed by atoms with Crippen molar-refractivity contribution in [2.45, 2.75) is 13.8 Å². The third-order valence-corrected chi connectivity index (χ3v) is 3.77. The molecule has 0 radical (unpaired) electrons. The molecule has 0 unspecified atom stereocenters. The van der Waals surface area contributed by atoms with Gasteiger partial charge >= 0.3 is 5.97 Å². The highest BCUT2D eigenvalue weighted by Crippen LogP contribution is 2.26. The Balaban J connectivity index is 1.98. The number of methoxy groups -OCH3 is 2. The van der Waals surface area contributed by atoms with Gasteiger partial charge in [0.15, 0.2) is 5.70 Å². The number of carbonyl (C=O) groups excluding carboxylic acids is 1. The van der Waals surface area contributed by atoms with E-state index in [2.05, 4.69) is 11.1 Å². The van der Waals surface area contributed by atoms with Gasteiger partial charge in [-0.3, -0.25) is 0 Å². The Bertz CT molecular complexity index is 854. The van der Waals surface area contributed by atoms with Crippen LogP contribution >= 0.6 is 0 Å². The molecule has 1 aliphatic heterocycles. The van der Waals surface area contributed by atoms with Gasteiger partial charge in [0.2, 0.25) is 5.90 Å². The zero-order valence-electron chi connectivity index (χ0n) is 14.6. The van der Waals surface area contributed by atoms with Gasteiger partial charge in [0.1, 0.15) is 11.5 Å². The van der Waals surface area contributed by atoms with E-state index in [1.54, 1.807) is 38.5 Å². The molecule has 0 spiro atoms. The standard InChI is InChI=1S/C20H19NO4/c1-12-5-13(2)7-15(6-12)19-21-18(20(22)25-19)10-14-8-16(23-3)11-17(9-14)24-4/h5-11H,1-4H3/b18-10-. The van der Waals surface area contributed by atoms with Crippen LogP contribution in [0, 0.1) is 13.8 Å². The molecule has 0 aliphatic carbocycles. The first-order valence-electron chi connectivity index (χ1n) is 7.83. The molecule has 3 rings (SSSR count). The largest absolute Gasteiger partial charge is 0.497 e. The fourth-order valence-electron chi connectivity index (χ4n) is 2.70. The van der Waals surface area contributed by atoms with Crippen LogP contribution in [0.25, 0.3) is 6.08 Å². The van der Waals surface area contributed by atoms with Gasteiger partial charge in [-0.25, -0.2) is 9.79 Å². The van der Waals surface area contributed by atoms with Crippen molar-refractivity contribution >= 4 is 17.9 Å². The van der Waals surface area contributed by atoms with Crippen molar-refractivity contribution in [2.24, 2.45) is 4.99 Å². The molecular formula is C20H19NO4. The highest BCUT2D eigenvalue weighted by Gasteiger charge is 2.24. The van der Waals surface area contributed by atoms with E-state index in [9.17, 15) is 4.79 Å². The van der Waals surface area contributed by atoms with E-state index in [-0.39, 0.29) is 5.70 Å². The predicted octanol–water partition coefficient (Wildman–Crippen LogP) is 3.67. The van der Waals surface area contributed by atoms with Crippen LogP contribution in [-0.2, 0) is 9.53 Å². The Kier molecular flexibility index (Phi) is 4.57. The smallest absolute Gasteiger partial charge is 0.363 e. The normalized spacial score (nSPS) is 15.1. The molecule has 1 heterocycles. The molecule has 0 aromatic heterocycles. The molecule has 0 amide bonds. The second-order valence-corrected chi connectivity index (χ2v) is 5.86. The molecule has 2 aromatic rings. The third kappa shape index (κ3) is 3.71. The first-order valence-corrected chi connectivity index (χ1v) is 7.83. The number of esters is 1. The van der Waals surface area contributed by atoms with Gasteiger partial charge in [0, 0.05) is 11.6 Å². The summed E-state index contributed by atoms with van der Waals surface area (Å²) in [7, 11) is 3.15. The SMILES string of the molecule is COc1cc(/C=C2\N=C(c3cc(C)cc(C)c3)OC2=O)cc(OC)c1. The number of cyclic esters (lactones) is 1. The maximum absolute atomic E-state index is 12.2. The number of carbonyl (C=O) groups is 1. The minimum absolute atomic E-state index is 0.240. The Morgan fingerprint density at radius 3 is 2.08 bits per heavy atom. The van der Waals surface area contributed by atoms with E-state index in [1.165, 1.54) is 0 Å². The van der Waals surface area contributed by atoms with Crippen LogP contribution in [0.3, 0.4) is 0 Å². The van der Waals surface area contributed by atoms with Crippen LogP contribution in [0.5, 0.6) is 11.5 Å². The molecular weight excluding hydrogens is 318 g/mol. The van der Waals surface area contributed by atoms with Crippen molar-refractivity contribution in [1.82, 2.24) is 0 Å². The Hall–Kier alpha value is -3.08. The molecule has 0 atom stereocenters. The summed E-state index contributed by atoms with van der Waals surface area (Å²) in [4.78, 5) is 16.5. The summed E-state index contributed by atoms with van der Waals surface area (Å²) in [5.74, 6) is 1.11. The van der Waals surface area contributed by atoms with Crippen LogP contribution in [0.4, 0.5) is 0 Å². The van der Waals surface area contributed by atoms with Gasteiger partial charge in [-0.1, -0.05) is 17.2 Å². The van der Waals surface area contributed by atoms with E-state index >= 15 is 0 Å². The highest BCUT2D eigenvalue weighted by atomic mass is 16.6. The van der Waals surface area contributed by atoms with Crippen LogP contribution < -0.4 is 9.47 Å². The fraction of sp³-hybridized carbons (Fsp3) is 0.200. The molecule has 2 aromatic carbocycles. The van der Waals surface area contributed by atoms with Gasteiger partial charge in [-0.2, -0.15) is 0 Å². The molecule has 5 nitrogen and oxygen atoms in total. The summed E-state index contributed by atoms with van der Waals surface area (Å²) in [5, 5.41) is 0. The summed E-state index contributed by atoms with van der Waals surface area (Å²) in [5.41, 5.74) is 3.95. The minimum atomic E-state index is -0.476. The van der Waals surface area contributed by atoms with Crippen LogP contribution in [0.2, 0.25) is 0 Å². The molecule has 0 N–H and O–H groups in total. The quantitative estimate of drug-likeness (QED) is 0.631. The second-order valence-electron chi connectivity index (χ2n) is 5.86. The highest BCUT2D eigenvalue weighted by molar-refractivity contribution is 6.13. The van der Waals surface area contributed by atoms with E-state index in [0.29, 0.717) is 17.4 Å². The first kappa shape index (κ1) is 16.8. The summed E-state index contributed by atoms with van der Waals surface area (Å²) < 4.78 is 15.8. The number of rotatable bonds is 4. The number of ether oxygens (including phenoxy) is 3. The number of aliphatic imine (C=N–C) groups is 1. The van der Waals surface area contributed by atoms with E-state index in [1.807, 2.05) is 26.0 Å². The van der Waals surface area contributed by atoms with Crippen LogP contribution in [0.1, 0.15) is 22.3 Å². The number of hydrogen-bond donors (Lipinski definition) is 0. The van der Waals surface area contributed by atoms with Gasteiger partial charge in [0.25, 0.3) is 0 Å². The van der Waals surface area contributed by atoms with Gasteiger partial charge in [-0.05, 0) is 49.8 Å². The van der Waals surface area contributed by atoms with Crippen molar-refractivity contribution in [1.29, 1.82) is 0 Å². The van der Waals surface area contributed by atoms with Crippen LogP contribution in [0.15, 0.2) is 47.1 Å². The van der Waals surface area contributed by atoms with E-state index < -0.39 is 5.97 Å². The Morgan fingerprint density at radius 2 is 1.52 bits per heavy atom. The molecule has 1 aliphatic rings. The van der Waals surface area contributed by atoms with Crippen molar-refractivity contribution in [2.75, 3.05) is 14.2 Å². The number of hydrogen-bond acceptors (Lipinski definition) is 5. The molecule has 5 heteroatoms. The maximum Gasteiger partial charge on any atom is 0.363 e. The predicted molar refractivity (Wildman–Crippen MR) is 96.1 cm³/mol. The van der Waals surface area contributed by atoms with Gasteiger partial charge in [0.05, 0.1) is 14.2 Å². The third-order valence-electron chi connectivity index (χ3n) is 3.77. The summed E-state index contributed by atoms with van der Waals surface area (Å²) >= 11 is 0. The minimum Gasteiger partial charge on any atom is -0.497 e. The lowest BCUT2D eigenvalue weighted by molar-refractivity contribution is -0.129. The molecule has 0 saturated heterocycles. The fourth-order valence-corrected chi connectivity index (χ4v) is 2.70.